The van der Waals surface area contributed by atoms with E-state index in [2.05, 4.69) is 34.7 Å². The smallest absolute Gasteiger partial charge is 0.259 e. The lowest BCUT2D eigenvalue weighted by molar-refractivity contribution is -0.130. The third kappa shape index (κ3) is 9.33. The van der Waals surface area contributed by atoms with Gasteiger partial charge >= 0.3 is 0 Å². The van der Waals surface area contributed by atoms with Crippen molar-refractivity contribution in [2.24, 2.45) is 4.99 Å². The van der Waals surface area contributed by atoms with Gasteiger partial charge in [-0.3, -0.25) is 4.79 Å². The molecule has 0 aromatic heterocycles. The van der Waals surface area contributed by atoms with Crippen molar-refractivity contribution in [3.8, 4) is 11.5 Å². The molecule has 8 heteroatoms. The van der Waals surface area contributed by atoms with Crippen molar-refractivity contribution < 1.29 is 14.3 Å². The van der Waals surface area contributed by atoms with Crippen LogP contribution in [0.1, 0.15) is 23.6 Å². The fourth-order valence-electron chi connectivity index (χ4n) is 2.94. The number of carbonyl (C=O) groups is 1. The summed E-state index contributed by atoms with van der Waals surface area (Å²) in [6.07, 6.45) is 0.832. The van der Waals surface area contributed by atoms with Crippen molar-refractivity contribution in [1.29, 1.82) is 0 Å². The molecular weight excluding hydrogens is 519 g/mol. The topological polar surface area (TPSA) is 75.2 Å². The van der Waals surface area contributed by atoms with Crippen LogP contribution in [-0.4, -0.2) is 57.7 Å². The Kier molecular flexibility index (Phi) is 12.5. The van der Waals surface area contributed by atoms with Crippen LogP contribution in [-0.2, 0) is 17.8 Å². The molecule has 2 aromatic carbocycles. The Bertz CT molecular complexity index is 887. The molecule has 0 unspecified atom stereocenters. The summed E-state index contributed by atoms with van der Waals surface area (Å²) in [6.45, 7) is 6.15. The third-order valence-corrected chi connectivity index (χ3v) is 4.65. The highest BCUT2D eigenvalue weighted by Crippen LogP contribution is 2.19. The van der Waals surface area contributed by atoms with Crippen LogP contribution < -0.4 is 20.1 Å². The number of guanidine groups is 1. The van der Waals surface area contributed by atoms with Gasteiger partial charge in [-0.2, -0.15) is 0 Å². The van der Waals surface area contributed by atoms with Gasteiger partial charge in [0.25, 0.3) is 5.91 Å². The molecule has 2 rings (SSSR count). The van der Waals surface area contributed by atoms with Crippen LogP contribution in [0, 0.1) is 6.92 Å². The summed E-state index contributed by atoms with van der Waals surface area (Å²) < 4.78 is 11.0. The number of likely N-dealkylation sites (N-methyl/N-ethyl adjacent to an activating group) is 1. The van der Waals surface area contributed by atoms with Gasteiger partial charge in [0.05, 0.1) is 13.7 Å². The maximum atomic E-state index is 11.7. The standard InChI is InChI=1S/C24H34N4O3.HI/c1-6-25-24(26-13-12-20-14-18(2)10-11-22(20)30-5)27-16-19-8-7-9-21(15-19)31-17-23(29)28(3)4;/h7-11,14-15H,6,12-13,16-17H2,1-5H3,(H2,25,26,27);1H. The van der Waals surface area contributed by atoms with Crippen molar-refractivity contribution in [3.05, 3.63) is 59.2 Å². The van der Waals surface area contributed by atoms with Crippen LogP contribution in [0.4, 0.5) is 0 Å². The molecule has 176 valence electrons. The van der Waals surface area contributed by atoms with E-state index in [4.69, 9.17) is 9.47 Å². The predicted octanol–water partition coefficient (Wildman–Crippen LogP) is 3.39. The first-order chi connectivity index (χ1) is 14.9. The van der Waals surface area contributed by atoms with Gasteiger partial charge in [0.15, 0.2) is 12.6 Å². The fourth-order valence-corrected chi connectivity index (χ4v) is 2.94. The zero-order valence-corrected chi connectivity index (χ0v) is 21.9. The highest BCUT2D eigenvalue weighted by atomic mass is 127. The second-order valence-corrected chi connectivity index (χ2v) is 7.41. The van der Waals surface area contributed by atoms with E-state index in [1.165, 1.54) is 16.0 Å². The maximum absolute atomic E-state index is 11.7. The Morgan fingerprint density at radius 3 is 2.59 bits per heavy atom. The molecule has 0 atom stereocenters. The van der Waals surface area contributed by atoms with Gasteiger partial charge in [0.2, 0.25) is 0 Å². The summed E-state index contributed by atoms with van der Waals surface area (Å²) in [4.78, 5) is 17.9. The number of nitrogens with one attached hydrogen (secondary N) is 2. The molecule has 2 N–H and O–H groups in total. The normalized spacial score (nSPS) is 10.7. The number of amides is 1. The largest absolute Gasteiger partial charge is 0.496 e. The summed E-state index contributed by atoms with van der Waals surface area (Å²) in [5.41, 5.74) is 3.39. The van der Waals surface area contributed by atoms with Gasteiger partial charge in [-0.25, -0.2) is 4.99 Å². The molecule has 0 aliphatic rings. The van der Waals surface area contributed by atoms with E-state index in [1.54, 1.807) is 21.2 Å². The quantitative estimate of drug-likeness (QED) is 0.268. The minimum atomic E-state index is -0.0766. The number of methoxy groups -OCH3 is 1. The van der Waals surface area contributed by atoms with Crippen molar-refractivity contribution in [3.63, 3.8) is 0 Å². The van der Waals surface area contributed by atoms with Crippen LogP contribution in [0.5, 0.6) is 11.5 Å². The van der Waals surface area contributed by atoms with Crippen LogP contribution in [0.25, 0.3) is 0 Å². The van der Waals surface area contributed by atoms with Gasteiger partial charge in [0, 0.05) is 27.2 Å². The Balaban J connectivity index is 0.00000512. The number of carbonyl (C=O) groups excluding carboxylic acids is 1. The zero-order valence-electron chi connectivity index (χ0n) is 19.6. The summed E-state index contributed by atoms with van der Waals surface area (Å²) in [5, 5.41) is 6.65. The molecule has 32 heavy (non-hydrogen) atoms. The molecule has 0 heterocycles. The molecule has 1 amide bonds. The Morgan fingerprint density at radius 2 is 1.91 bits per heavy atom. The molecule has 0 aliphatic carbocycles. The van der Waals surface area contributed by atoms with Gasteiger partial charge in [0.1, 0.15) is 11.5 Å². The monoisotopic (exact) mass is 554 g/mol. The number of hydrogen-bond acceptors (Lipinski definition) is 4. The number of benzene rings is 2. The first kappa shape index (κ1) is 27.5. The van der Waals surface area contributed by atoms with E-state index in [-0.39, 0.29) is 36.5 Å². The molecular formula is C24H35IN4O3. The molecule has 0 fully saturated rings. The van der Waals surface area contributed by atoms with Crippen LogP contribution in [0.3, 0.4) is 0 Å². The predicted molar refractivity (Wildman–Crippen MR) is 140 cm³/mol. The van der Waals surface area contributed by atoms with E-state index in [0.717, 1.165) is 36.8 Å². The number of ether oxygens (including phenoxy) is 2. The van der Waals surface area contributed by atoms with Gasteiger partial charge in [-0.1, -0.05) is 29.8 Å². The van der Waals surface area contributed by atoms with Gasteiger partial charge in [-0.05, 0) is 49.6 Å². The summed E-state index contributed by atoms with van der Waals surface area (Å²) in [5.74, 6) is 2.24. The Hall–Kier alpha value is -2.49. The summed E-state index contributed by atoms with van der Waals surface area (Å²) in [6, 6.07) is 13.9. The SMILES string of the molecule is CCNC(=NCc1cccc(OCC(=O)N(C)C)c1)NCCc1cc(C)ccc1OC.I. The average molecular weight is 554 g/mol. The molecule has 0 bridgehead atoms. The number of aliphatic imine (C=N–C) groups is 1. The lowest BCUT2D eigenvalue weighted by atomic mass is 10.1. The second kappa shape index (κ2) is 14.5. The lowest BCUT2D eigenvalue weighted by Crippen LogP contribution is -2.38. The van der Waals surface area contributed by atoms with E-state index in [9.17, 15) is 4.79 Å². The molecule has 0 saturated carbocycles. The number of halogens is 1. The second-order valence-electron chi connectivity index (χ2n) is 7.41. The van der Waals surface area contributed by atoms with Crippen LogP contribution in [0.2, 0.25) is 0 Å². The van der Waals surface area contributed by atoms with Crippen molar-refractivity contribution in [2.45, 2.75) is 26.8 Å². The van der Waals surface area contributed by atoms with Crippen molar-refractivity contribution in [1.82, 2.24) is 15.5 Å². The highest BCUT2D eigenvalue weighted by molar-refractivity contribution is 14.0. The van der Waals surface area contributed by atoms with Crippen LogP contribution in [0.15, 0.2) is 47.5 Å². The first-order valence-corrected chi connectivity index (χ1v) is 10.5. The maximum Gasteiger partial charge on any atom is 0.259 e. The Morgan fingerprint density at radius 1 is 1.12 bits per heavy atom. The molecule has 7 nitrogen and oxygen atoms in total. The summed E-state index contributed by atoms with van der Waals surface area (Å²) >= 11 is 0. The Labute approximate surface area is 208 Å². The number of rotatable bonds is 10. The molecule has 0 spiro atoms. The minimum Gasteiger partial charge on any atom is -0.496 e. The third-order valence-electron chi connectivity index (χ3n) is 4.65. The molecule has 0 radical (unpaired) electrons. The fraction of sp³-hybridized carbons (Fsp3) is 0.417. The van der Waals surface area contributed by atoms with Crippen LogP contribution >= 0.6 is 24.0 Å². The average Bonchev–Trinajstić information content (AvgIpc) is 2.76. The van der Waals surface area contributed by atoms with E-state index >= 15 is 0 Å². The van der Waals surface area contributed by atoms with Crippen molar-refractivity contribution in [2.75, 3.05) is 40.9 Å². The lowest BCUT2D eigenvalue weighted by Gasteiger charge is -2.14. The zero-order chi connectivity index (χ0) is 22.6. The number of hydrogen-bond donors (Lipinski definition) is 2. The minimum absolute atomic E-state index is 0. The van der Waals surface area contributed by atoms with E-state index in [0.29, 0.717) is 12.3 Å². The molecule has 0 aliphatic heterocycles. The van der Waals surface area contributed by atoms with Gasteiger partial charge in [-0.15, -0.1) is 24.0 Å². The first-order valence-electron chi connectivity index (χ1n) is 10.5. The number of aryl methyl sites for hydroxylation is 1. The molecule has 0 saturated heterocycles. The van der Waals surface area contributed by atoms with Crippen molar-refractivity contribution >= 4 is 35.8 Å². The molecule has 2 aromatic rings. The summed E-state index contributed by atoms with van der Waals surface area (Å²) in [7, 11) is 5.11. The van der Waals surface area contributed by atoms with E-state index < -0.39 is 0 Å². The number of nitrogens with zero attached hydrogens (tertiary/aromatic N) is 2. The van der Waals surface area contributed by atoms with Gasteiger partial charge < -0.3 is 25.0 Å². The van der Waals surface area contributed by atoms with E-state index in [1.807, 2.05) is 37.3 Å². The highest BCUT2D eigenvalue weighted by Gasteiger charge is 2.06.